The molecule has 0 spiro atoms. The van der Waals surface area contributed by atoms with Gasteiger partial charge in [0.05, 0.1) is 6.61 Å². The van der Waals surface area contributed by atoms with Crippen molar-refractivity contribution in [2.45, 2.75) is 17.7 Å². The number of alkyl halides is 2. The molecule has 0 aromatic heterocycles. The van der Waals surface area contributed by atoms with Gasteiger partial charge in [-0.1, -0.05) is 23.2 Å². The first kappa shape index (κ1) is 10.8. The minimum absolute atomic E-state index is 0.258. The van der Waals surface area contributed by atoms with Crippen molar-refractivity contribution in [2.24, 2.45) is 0 Å². The largest absolute Gasteiger partial charge is 0.493 e. The third kappa shape index (κ3) is 2.27. The maximum atomic E-state index is 11.5. The maximum Gasteiger partial charge on any atom is 0.195 e. The number of fused-ring (bicyclic) bond motifs is 1. The van der Waals surface area contributed by atoms with E-state index in [1.54, 1.807) is 12.1 Å². The van der Waals surface area contributed by atoms with Gasteiger partial charge in [0.15, 0.2) is 10.6 Å². The number of rotatable bonds is 2. The van der Waals surface area contributed by atoms with Gasteiger partial charge in [-0.25, -0.2) is 0 Å². The molecule has 1 aromatic carbocycles. The number of benzene rings is 1. The summed E-state index contributed by atoms with van der Waals surface area (Å²) in [5.41, 5.74) is 1.61. The Hall–Kier alpha value is -0.730. The molecule has 1 aliphatic rings. The fraction of sp³-hybridized carbons (Fsp3) is 0.364. The Bertz CT molecular complexity index is 388. The highest BCUT2D eigenvalue weighted by molar-refractivity contribution is 6.55. The predicted molar refractivity (Wildman–Crippen MR) is 60.1 cm³/mol. The van der Waals surface area contributed by atoms with Crippen LogP contribution in [0.2, 0.25) is 0 Å². The SMILES string of the molecule is O=C(c1ccc2c(c1)CCCO2)C(Cl)Cl. The Kier molecular flexibility index (Phi) is 3.17. The number of Topliss-reactive ketones (excluding diaryl/α,β-unsaturated/α-hetero) is 1. The summed E-state index contributed by atoms with van der Waals surface area (Å²) in [6, 6.07) is 5.32. The quantitative estimate of drug-likeness (QED) is 0.591. The Morgan fingerprint density at radius 2 is 2.20 bits per heavy atom. The van der Waals surface area contributed by atoms with Crippen LogP contribution in [-0.4, -0.2) is 17.2 Å². The van der Waals surface area contributed by atoms with Crippen LogP contribution in [0.25, 0.3) is 0 Å². The molecule has 1 aliphatic heterocycles. The summed E-state index contributed by atoms with van der Waals surface area (Å²) in [6.07, 6.45) is 1.92. The van der Waals surface area contributed by atoms with E-state index in [4.69, 9.17) is 27.9 Å². The average molecular weight is 245 g/mol. The maximum absolute atomic E-state index is 11.5. The zero-order chi connectivity index (χ0) is 10.8. The molecule has 4 heteroatoms. The van der Waals surface area contributed by atoms with Crippen LogP contribution in [0.15, 0.2) is 18.2 Å². The molecule has 0 saturated heterocycles. The van der Waals surface area contributed by atoms with Crippen LogP contribution >= 0.6 is 23.2 Å². The fourth-order valence-corrected chi connectivity index (χ4v) is 1.89. The summed E-state index contributed by atoms with van der Waals surface area (Å²) >= 11 is 11.1. The van der Waals surface area contributed by atoms with Crippen molar-refractivity contribution in [3.05, 3.63) is 29.3 Å². The van der Waals surface area contributed by atoms with Gasteiger partial charge in [-0.3, -0.25) is 4.79 Å². The molecule has 0 saturated carbocycles. The van der Waals surface area contributed by atoms with Crippen molar-refractivity contribution in [1.29, 1.82) is 0 Å². The lowest BCUT2D eigenvalue weighted by molar-refractivity contribution is 0.101. The third-order valence-electron chi connectivity index (χ3n) is 2.39. The molecular weight excluding hydrogens is 235 g/mol. The Labute approximate surface area is 98.1 Å². The first-order chi connectivity index (χ1) is 7.18. The highest BCUT2D eigenvalue weighted by atomic mass is 35.5. The first-order valence-corrected chi connectivity index (χ1v) is 5.64. The minimum Gasteiger partial charge on any atom is -0.493 e. The second-order valence-corrected chi connectivity index (χ2v) is 4.54. The monoisotopic (exact) mass is 244 g/mol. The Morgan fingerprint density at radius 1 is 1.40 bits per heavy atom. The molecule has 0 N–H and O–H groups in total. The topological polar surface area (TPSA) is 26.3 Å². The van der Waals surface area contributed by atoms with Gasteiger partial charge < -0.3 is 4.74 Å². The van der Waals surface area contributed by atoms with Crippen molar-refractivity contribution < 1.29 is 9.53 Å². The second-order valence-electron chi connectivity index (χ2n) is 3.44. The van der Waals surface area contributed by atoms with E-state index in [2.05, 4.69) is 0 Å². The Morgan fingerprint density at radius 3 is 2.93 bits per heavy atom. The lowest BCUT2D eigenvalue weighted by Crippen LogP contribution is -2.12. The molecule has 0 amide bonds. The number of aryl methyl sites for hydroxylation is 1. The van der Waals surface area contributed by atoms with Gasteiger partial charge in [-0.15, -0.1) is 0 Å². The van der Waals surface area contributed by atoms with E-state index in [1.807, 2.05) is 6.07 Å². The van der Waals surface area contributed by atoms with E-state index in [1.165, 1.54) is 0 Å². The molecule has 0 aliphatic carbocycles. The summed E-state index contributed by atoms with van der Waals surface area (Å²) in [4.78, 5) is 10.5. The van der Waals surface area contributed by atoms with Gasteiger partial charge >= 0.3 is 0 Å². The third-order valence-corrected chi connectivity index (χ3v) is 2.79. The van der Waals surface area contributed by atoms with Crippen molar-refractivity contribution in [3.8, 4) is 5.75 Å². The summed E-state index contributed by atoms with van der Waals surface area (Å²) in [6.45, 7) is 0.744. The highest BCUT2D eigenvalue weighted by Gasteiger charge is 2.17. The summed E-state index contributed by atoms with van der Waals surface area (Å²) in [5.74, 6) is 0.602. The molecule has 0 unspecified atom stereocenters. The van der Waals surface area contributed by atoms with Crippen molar-refractivity contribution in [3.63, 3.8) is 0 Å². The molecule has 2 rings (SSSR count). The zero-order valence-electron chi connectivity index (χ0n) is 8.00. The molecule has 15 heavy (non-hydrogen) atoms. The van der Waals surface area contributed by atoms with Crippen molar-refractivity contribution in [1.82, 2.24) is 0 Å². The number of halogens is 2. The molecule has 1 heterocycles. The zero-order valence-corrected chi connectivity index (χ0v) is 9.52. The van der Waals surface area contributed by atoms with Crippen LogP contribution in [0.3, 0.4) is 0 Å². The van der Waals surface area contributed by atoms with Gasteiger partial charge in [0.25, 0.3) is 0 Å². The van der Waals surface area contributed by atoms with Gasteiger partial charge in [0.1, 0.15) is 5.75 Å². The highest BCUT2D eigenvalue weighted by Crippen LogP contribution is 2.26. The number of carbonyl (C=O) groups excluding carboxylic acids is 1. The Balaban J connectivity index is 2.32. The van der Waals surface area contributed by atoms with Crippen LogP contribution < -0.4 is 4.74 Å². The standard InChI is InChI=1S/C11H10Cl2O2/c12-11(13)10(14)8-3-4-9-7(6-8)2-1-5-15-9/h3-4,6,11H,1-2,5H2. The molecule has 0 bridgehead atoms. The lowest BCUT2D eigenvalue weighted by Gasteiger charge is -2.17. The van der Waals surface area contributed by atoms with E-state index in [0.717, 1.165) is 30.8 Å². The normalized spacial score (nSPS) is 14.6. The predicted octanol–water partition coefficient (Wildman–Crippen LogP) is 3.00. The minimum atomic E-state index is -0.993. The van der Waals surface area contributed by atoms with Gasteiger partial charge in [0.2, 0.25) is 0 Å². The van der Waals surface area contributed by atoms with E-state index in [-0.39, 0.29) is 5.78 Å². The van der Waals surface area contributed by atoms with Crippen LogP contribution in [0.4, 0.5) is 0 Å². The molecule has 1 aromatic rings. The van der Waals surface area contributed by atoms with E-state index >= 15 is 0 Å². The molecule has 2 nitrogen and oxygen atoms in total. The number of ketones is 1. The second kappa shape index (κ2) is 4.42. The van der Waals surface area contributed by atoms with E-state index in [0.29, 0.717) is 5.56 Å². The molecule has 0 fully saturated rings. The van der Waals surface area contributed by atoms with Crippen LogP contribution in [0, 0.1) is 0 Å². The number of hydrogen-bond acceptors (Lipinski definition) is 2. The van der Waals surface area contributed by atoms with Crippen LogP contribution in [0.5, 0.6) is 5.75 Å². The van der Waals surface area contributed by atoms with Gasteiger partial charge in [-0.2, -0.15) is 0 Å². The smallest absolute Gasteiger partial charge is 0.195 e. The summed E-state index contributed by atoms with van der Waals surface area (Å²) < 4.78 is 5.44. The van der Waals surface area contributed by atoms with Gasteiger partial charge in [0, 0.05) is 5.56 Å². The van der Waals surface area contributed by atoms with Crippen molar-refractivity contribution in [2.75, 3.05) is 6.61 Å². The molecule has 0 radical (unpaired) electrons. The van der Waals surface area contributed by atoms with Crippen molar-refractivity contribution >= 4 is 29.0 Å². The average Bonchev–Trinajstić information content (AvgIpc) is 2.27. The lowest BCUT2D eigenvalue weighted by atomic mass is 10.0. The number of hydrogen-bond donors (Lipinski definition) is 0. The fourth-order valence-electron chi connectivity index (χ4n) is 1.64. The first-order valence-electron chi connectivity index (χ1n) is 4.76. The molecule has 0 atom stereocenters. The van der Waals surface area contributed by atoms with Crippen LogP contribution in [-0.2, 0) is 6.42 Å². The van der Waals surface area contributed by atoms with E-state index in [9.17, 15) is 4.79 Å². The van der Waals surface area contributed by atoms with Gasteiger partial charge in [-0.05, 0) is 36.6 Å². The molecule has 80 valence electrons. The number of carbonyl (C=O) groups is 1. The number of ether oxygens (including phenoxy) is 1. The molecular formula is C11H10Cl2O2. The summed E-state index contributed by atoms with van der Waals surface area (Å²) in [5, 5.41) is 0. The summed E-state index contributed by atoms with van der Waals surface area (Å²) in [7, 11) is 0. The van der Waals surface area contributed by atoms with E-state index < -0.39 is 4.84 Å². The van der Waals surface area contributed by atoms with Crippen LogP contribution in [0.1, 0.15) is 22.3 Å².